The number of aromatic carboxylic acids is 2. The molecule has 5 rings (SSSR count). The summed E-state index contributed by atoms with van der Waals surface area (Å²) < 4.78 is 57.2. The Bertz CT molecular complexity index is 2360. The molecular formula is C28H20N7O12S2-. The van der Waals surface area contributed by atoms with Crippen LogP contribution in [-0.4, -0.2) is 59.4 Å². The van der Waals surface area contributed by atoms with Crippen LogP contribution in [0.25, 0.3) is 10.8 Å². The second kappa shape index (κ2) is 13.9. The van der Waals surface area contributed by atoms with Gasteiger partial charge in [-0.05, 0) is 47.3 Å². The quantitative estimate of drug-likeness (QED) is 0.0616. The SMILES string of the molecule is NOS(=O)(=O)c1cc(Nc2nc(Cc3ccccc3C(=O)O)[nH]c(=O)n2)c2c(O)c(N=Nc3ccccc3C(=O)O)c(OS(=O)[O-])cc2c1. The molecule has 0 aliphatic heterocycles. The molecule has 1 heterocycles. The number of aromatic nitrogens is 3. The van der Waals surface area contributed by atoms with Gasteiger partial charge in [0, 0.05) is 11.8 Å². The van der Waals surface area contributed by atoms with Gasteiger partial charge in [-0.1, -0.05) is 30.3 Å². The number of hydrogen-bond donors (Lipinski definition) is 6. The summed E-state index contributed by atoms with van der Waals surface area (Å²) in [5, 5.41) is 40.3. The highest BCUT2D eigenvalue weighted by molar-refractivity contribution is 7.86. The molecular weight excluding hydrogens is 690 g/mol. The molecule has 4 aromatic carbocycles. The number of phenols is 1. The van der Waals surface area contributed by atoms with Crippen molar-refractivity contribution < 1.29 is 50.6 Å². The first-order valence-corrected chi connectivity index (χ1v) is 15.7. The highest BCUT2D eigenvalue weighted by atomic mass is 32.2. The number of rotatable bonds is 12. The van der Waals surface area contributed by atoms with E-state index in [0.717, 1.165) is 18.2 Å². The molecule has 0 amide bonds. The van der Waals surface area contributed by atoms with Crippen LogP contribution in [-0.2, 0) is 32.2 Å². The number of carbonyl (C=O) groups is 2. The number of nitrogens with two attached hydrogens (primary N) is 1. The number of anilines is 2. The Morgan fingerprint density at radius 3 is 2.35 bits per heavy atom. The topological polar surface area (TPSA) is 309 Å². The lowest BCUT2D eigenvalue weighted by Crippen LogP contribution is -2.18. The van der Waals surface area contributed by atoms with E-state index < -0.39 is 67.1 Å². The minimum Gasteiger partial charge on any atom is -0.740 e. The molecule has 0 fully saturated rings. The van der Waals surface area contributed by atoms with Gasteiger partial charge >= 0.3 is 27.7 Å². The highest BCUT2D eigenvalue weighted by Crippen LogP contribution is 2.47. The van der Waals surface area contributed by atoms with Crippen molar-refractivity contribution in [2.45, 2.75) is 11.3 Å². The summed E-state index contributed by atoms with van der Waals surface area (Å²) in [4.78, 5) is 45.5. The predicted molar refractivity (Wildman–Crippen MR) is 167 cm³/mol. The van der Waals surface area contributed by atoms with Gasteiger partial charge in [0.1, 0.15) is 22.9 Å². The van der Waals surface area contributed by atoms with Crippen molar-refractivity contribution in [3.8, 4) is 11.5 Å². The van der Waals surface area contributed by atoms with Crippen molar-refractivity contribution in [3.63, 3.8) is 0 Å². The van der Waals surface area contributed by atoms with E-state index in [9.17, 15) is 46.9 Å². The molecule has 5 aromatic rings. The number of azo groups is 1. The lowest BCUT2D eigenvalue weighted by Gasteiger charge is -2.16. The minimum atomic E-state index is -4.66. The first-order chi connectivity index (χ1) is 23.3. The molecule has 0 saturated heterocycles. The fourth-order valence-electron chi connectivity index (χ4n) is 4.59. The zero-order valence-corrected chi connectivity index (χ0v) is 25.9. The molecule has 0 aliphatic rings. The van der Waals surface area contributed by atoms with Crippen molar-refractivity contribution in [2.24, 2.45) is 16.1 Å². The molecule has 21 heteroatoms. The van der Waals surface area contributed by atoms with Crippen LogP contribution in [0.4, 0.5) is 23.0 Å². The summed E-state index contributed by atoms with van der Waals surface area (Å²) >= 11 is -3.26. The standard InChI is InChI=1S/C28H21N7O12S2/c29-47-49(44,45)15-9-14-10-20(46-48(42)43)23(35-34-18-8-4-3-7-17(18)26(39)40)24(36)22(14)19(12-15)30-27-31-21(32-28(41)33-27)11-13-5-1-2-6-16(13)25(37)38/h1-10,12,36H,11,29H2,(H,37,38)(H,39,40)(H,42,43)(H2,30,31,32,33,41)/p-1. The first-order valence-electron chi connectivity index (χ1n) is 13.3. The van der Waals surface area contributed by atoms with Gasteiger partial charge in [0.2, 0.25) is 5.95 Å². The number of fused-ring (bicyclic) bond motifs is 1. The van der Waals surface area contributed by atoms with Crippen LogP contribution in [0, 0.1) is 0 Å². The zero-order chi connectivity index (χ0) is 35.5. The number of carboxylic acids is 2. The smallest absolute Gasteiger partial charge is 0.349 e. The maximum atomic E-state index is 12.6. The Labute approximate surface area is 276 Å². The summed E-state index contributed by atoms with van der Waals surface area (Å²) in [6, 6.07) is 14.2. The van der Waals surface area contributed by atoms with Crippen molar-refractivity contribution in [1.29, 1.82) is 0 Å². The second-order valence-electron chi connectivity index (χ2n) is 9.69. The van der Waals surface area contributed by atoms with Crippen LogP contribution >= 0.6 is 0 Å². The van der Waals surface area contributed by atoms with E-state index >= 15 is 0 Å². The Kier molecular flexibility index (Phi) is 9.72. The summed E-state index contributed by atoms with van der Waals surface area (Å²) in [5.41, 5.74) is -2.13. The monoisotopic (exact) mass is 710 g/mol. The molecule has 0 saturated carbocycles. The van der Waals surface area contributed by atoms with Crippen molar-refractivity contribution in [3.05, 3.63) is 99.7 Å². The average Bonchev–Trinajstić information content (AvgIpc) is 3.04. The maximum Gasteiger partial charge on any atom is 0.349 e. The molecule has 0 bridgehead atoms. The Hall–Kier alpha value is -6.13. The molecule has 7 N–H and O–H groups in total. The molecule has 0 aliphatic carbocycles. The second-order valence-corrected chi connectivity index (χ2v) is 11.8. The third-order valence-corrected chi connectivity index (χ3v) is 8.02. The number of nitrogens with zero attached hydrogens (tertiary/aromatic N) is 4. The Morgan fingerprint density at radius 1 is 1.00 bits per heavy atom. The summed E-state index contributed by atoms with van der Waals surface area (Å²) in [7, 11) is -4.66. The molecule has 1 aromatic heterocycles. The number of nitrogens with one attached hydrogen (secondary N) is 2. The third kappa shape index (κ3) is 7.55. The normalized spacial score (nSPS) is 12.2. The van der Waals surface area contributed by atoms with Crippen LogP contribution in [0.5, 0.6) is 11.5 Å². The first kappa shape index (κ1) is 34.2. The van der Waals surface area contributed by atoms with Gasteiger partial charge in [0.25, 0.3) is 0 Å². The number of hydrogen-bond acceptors (Lipinski definition) is 16. The summed E-state index contributed by atoms with van der Waals surface area (Å²) in [5.74, 6) is 0.364. The van der Waals surface area contributed by atoms with Gasteiger partial charge in [-0.25, -0.2) is 18.6 Å². The van der Waals surface area contributed by atoms with Gasteiger partial charge in [0.05, 0.1) is 21.7 Å². The molecule has 49 heavy (non-hydrogen) atoms. The van der Waals surface area contributed by atoms with Gasteiger partial charge in [-0.15, -0.1) is 10.2 Å². The fraction of sp³-hybridized carbons (Fsp3) is 0.0357. The van der Waals surface area contributed by atoms with Crippen molar-refractivity contribution in [1.82, 2.24) is 15.0 Å². The van der Waals surface area contributed by atoms with E-state index in [-0.39, 0.29) is 51.1 Å². The maximum absolute atomic E-state index is 12.6. The lowest BCUT2D eigenvalue weighted by atomic mass is 10.0. The van der Waals surface area contributed by atoms with Crippen LogP contribution in [0.2, 0.25) is 0 Å². The van der Waals surface area contributed by atoms with E-state index in [2.05, 4.69) is 34.8 Å². The van der Waals surface area contributed by atoms with Crippen molar-refractivity contribution >= 4 is 67.2 Å². The zero-order valence-electron chi connectivity index (χ0n) is 24.3. The molecule has 19 nitrogen and oxygen atoms in total. The number of aromatic hydroxyl groups is 1. The van der Waals surface area contributed by atoms with E-state index in [1.54, 1.807) is 6.07 Å². The van der Waals surface area contributed by atoms with E-state index in [0.29, 0.717) is 0 Å². The fourth-order valence-corrected chi connectivity index (χ4v) is 5.51. The lowest BCUT2D eigenvalue weighted by molar-refractivity contribution is 0.0686. The van der Waals surface area contributed by atoms with Crippen LogP contribution in [0.3, 0.4) is 0 Å². The number of benzene rings is 4. The van der Waals surface area contributed by atoms with Crippen LogP contribution < -0.4 is 21.1 Å². The van der Waals surface area contributed by atoms with Gasteiger partial charge in [0.15, 0.2) is 17.2 Å². The van der Waals surface area contributed by atoms with Crippen molar-refractivity contribution in [2.75, 3.05) is 5.32 Å². The number of aromatic amines is 1. The summed E-state index contributed by atoms with van der Waals surface area (Å²) in [6.07, 6.45) is -0.175. The molecule has 1 unspecified atom stereocenters. The summed E-state index contributed by atoms with van der Waals surface area (Å²) in [6.45, 7) is 0. The highest BCUT2D eigenvalue weighted by Gasteiger charge is 2.24. The average molecular weight is 711 g/mol. The van der Waals surface area contributed by atoms with Gasteiger partial charge in [-0.2, -0.15) is 28.6 Å². The molecule has 0 radical (unpaired) electrons. The molecule has 252 valence electrons. The Morgan fingerprint density at radius 2 is 1.67 bits per heavy atom. The number of H-pyrrole nitrogens is 1. The largest absolute Gasteiger partial charge is 0.740 e. The predicted octanol–water partition coefficient (Wildman–Crippen LogP) is 2.92. The van der Waals surface area contributed by atoms with Crippen LogP contribution in [0.1, 0.15) is 32.1 Å². The van der Waals surface area contributed by atoms with Gasteiger partial charge in [-0.3, -0.25) is 4.98 Å². The van der Waals surface area contributed by atoms with Gasteiger partial charge < -0.3 is 29.4 Å². The number of carboxylic acid groups (broad SMARTS) is 2. The van der Waals surface area contributed by atoms with E-state index in [1.807, 2.05) is 0 Å². The molecule has 0 spiro atoms. The molecule has 1 atom stereocenters. The number of phenolic OH excluding ortho intramolecular Hbond substituents is 1. The van der Waals surface area contributed by atoms with E-state index in [4.69, 9.17) is 10.1 Å². The van der Waals surface area contributed by atoms with E-state index in [1.165, 1.54) is 42.5 Å². The third-order valence-electron chi connectivity index (χ3n) is 6.64. The van der Waals surface area contributed by atoms with Crippen LogP contribution in [0.15, 0.2) is 86.6 Å². The minimum absolute atomic E-state index is 0.0565. The Balaban J connectivity index is 1.70.